The Bertz CT molecular complexity index is 1630. The number of hydrogen-bond donors (Lipinski definition) is 0. The molecule has 1 nitrogen and oxygen atoms in total. The van der Waals surface area contributed by atoms with Crippen molar-refractivity contribution in [1.82, 2.24) is 4.98 Å². The minimum Gasteiger partial charge on any atom is -0.256 e. The van der Waals surface area contributed by atoms with E-state index in [1.807, 2.05) is 28.9 Å². The molecule has 0 spiro atoms. The summed E-state index contributed by atoms with van der Waals surface area (Å²) >= 11 is 3.73. The molecule has 6 rings (SSSR count). The Morgan fingerprint density at radius 1 is 0.839 bits per heavy atom. The van der Waals surface area contributed by atoms with Gasteiger partial charge in [0.2, 0.25) is 0 Å². The lowest BCUT2D eigenvalue weighted by molar-refractivity contribution is 0.596. The van der Waals surface area contributed by atoms with Gasteiger partial charge in [0.25, 0.3) is 0 Å². The molecule has 0 saturated heterocycles. The summed E-state index contributed by atoms with van der Waals surface area (Å²) in [5.74, 6) is 0. The second kappa shape index (κ2) is 6.62. The molecule has 31 heavy (non-hydrogen) atoms. The molecule has 0 amide bonds. The number of rotatable bonds is 1. The second-order valence-electron chi connectivity index (χ2n) is 9.36. The zero-order valence-corrected chi connectivity index (χ0v) is 19.7. The highest BCUT2D eigenvalue weighted by Crippen LogP contribution is 2.45. The molecule has 0 atom stereocenters. The van der Waals surface area contributed by atoms with Gasteiger partial charge in [-0.3, -0.25) is 4.98 Å². The molecule has 0 aliphatic carbocycles. The van der Waals surface area contributed by atoms with E-state index in [4.69, 9.17) is 4.98 Å². The molecule has 0 unspecified atom stereocenters. The van der Waals surface area contributed by atoms with E-state index in [9.17, 15) is 0 Å². The molecule has 3 heterocycles. The van der Waals surface area contributed by atoms with Gasteiger partial charge in [-0.15, -0.1) is 22.7 Å². The molecule has 0 bridgehead atoms. The summed E-state index contributed by atoms with van der Waals surface area (Å²) in [5.41, 5.74) is 5.08. The summed E-state index contributed by atoms with van der Waals surface area (Å²) in [6, 6.07) is 20.1. The van der Waals surface area contributed by atoms with E-state index in [1.54, 1.807) is 0 Å². The van der Waals surface area contributed by atoms with Crippen LogP contribution >= 0.6 is 22.7 Å². The number of benzene rings is 3. The van der Waals surface area contributed by atoms with Gasteiger partial charge < -0.3 is 0 Å². The Morgan fingerprint density at radius 3 is 2.48 bits per heavy atom. The highest BCUT2D eigenvalue weighted by Gasteiger charge is 2.21. The maximum atomic E-state index is 4.95. The average molecular weight is 438 g/mol. The number of nitrogens with zero attached hydrogens (tertiary/aromatic N) is 1. The summed E-state index contributed by atoms with van der Waals surface area (Å²) in [5, 5.41) is 8.91. The van der Waals surface area contributed by atoms with Gasteiger partial charge in [-0.25, -0.2) is 0 Å². The van der Waals surface area contributed by atoms with Crippen LogP contribution in [0.25, 0.3) is 52.3 Å². The van der Waals surface area contributed by atoms with Crippen LogP contribution in [0.2, 0.25) is 0 Å². The first kappa shape index (κ1) is 19.0. The summed E-state index contributed by atoms with van der Waals surface area (Å²) in [7, 11) is 0. The van der Waals surface area contributed by atoms with Crippen molar-refractivity contribution in [1.29, 1.82) is 0 Å². The monoisotopic (exact) mass is 437 g/mol. The number of fused-ring (bicyclic) bond motifs is 6. The molecular weight excluding hydrogens is 414 g/mol. The van der Waals surface area contributed by atoms with Crippen molar-refractivity contribution in [3.8, 4) is 11.3 Å². The smallest absolute Gasteiger partial charge is 0.0795 e. The van der Waals surface area contributed by atoms with Crippen LogP contribution in [0, 0.1) is 6.92 Å². The highest BCUT2D eigenvalue weighted by molar-refractivity contribution is 7.27. The molecule has 0 aliphatic rings. The number of pyridine rings is 1. The quantitative estimate of drug-likeness (QED) is 0.250. The third-order valence-electron chi connectivity index (χ3n) is 6.22. The fourth-order valence-corrected chi connectivity index (χ4v) is 6.99. The molecule has 3 aromatic carbocycles. The van der Waals surface area contributed by atoms with E-state index in [1.165, 1.54) is 57.7 Å². The molecule has 0 aliphatic heterocycles. The number of thiophene rings is 2. The van der Waals surface area contributed by atoms with Gasteiger partial charge in [0.1, 0.15) is 0 Å². The van der Waals surface area contributed by atoms with Crippen molar-refractivity contribution in [2.45, 2.75) is 33.1 Å². The Hall–Kier alpha value is -2.75. The number of aromatic nitrogens is 1. The van der Waals surface area contributed by atoms with E-state index >= 15 is 0 Å². The van der Waals surface area contributed by atoms with E-state index in [2.05, 4.69) is 87.7 Å². The Kier molecular flexibility index (Phi) is 4.05. The molecule has 3 aromatic heterocycles. The van der Waals surface area contributed by atoms with Gasteiger partial charge in [0.15, 0.2) is 0 Å². The summed E-state index contributed by atoms with van der Waals surface area (Å²) < 4.78 is 4.03. The van der Waals surface area contributed by atoms with E-state index in [-0.39, 0.29) is 5.41 Å². The van der Waals surface area contributed by atoms with Crippen LogP contribution in [0.1, 0.15) is 31.9 Å². The molecule has 6 aromatic rings. The van der Waals surface area contributed by atoms with Gasteiger partial charge in [-0.05, 0) is 69.3 Å². The molecule has 0 saturated carbocycles. The largest absolute Gasteiger partial charge is 0.256 e. The molecule has 3 heteroatoms. The maximum Gasteiger partial charge on any atom is 0.0795 e. The fourth-order valence-electron chi connectivity index (χ4n) is 4.71. The zero-order chi connectivity index (χ0) is 21.3. The van der Waals surface area contributed by atoms with Crippen molar-refractivity contribution in [2.24, 2.45) is 0 Å². The first-order valence-electron chi connectivity index (χ1n) is 10.6. The lowest BCUT2D eigenvalue weighted by Gasteiger charge is -2.23. The number of hydrogen-bond acceptors (Lipinski definition) is 3. The summed E-state index contributed by atoms with van der Waals surface area (Å²) in [4.78, 5) is 4.95. The predicted molar refractivity (Wildman–Crippen MR) is 139 cm³/mol. The van der Waals surface area contributed by atoms with E-state index in [0.29, 0.717) is 0 Å². The first-order valence-corrected chi connectivity index (χ1v) is 12.3. The van der Waals surface area contributed by atoms with E-state index < -0.39 is 0 Å². The Labute approximate surface area is 190 Å². The summed E-state index contributed by atoms with van der Waals surface area (Å²) in [6.45, 7) is 9.09. The van der Waals surface area contributed by atoms with Crippen LogP contribution in [0.4, 0.5) is 0 Å². The minimum atomic E-state index is 0.0539. The van der Waals surface area contributed by atoms with Crippen molar-refractivity contribution in [3.05, 3.63) is 77.3 Å². The number of aryl methyl sites for hydroxylation is 1. The molecule has 152 valence electrons. The van der Waals surface area contributed by atoms with Crippen LogP contribution in [0.5, 0.6) is 0 Å². The normalized spacial score (nSPS) is 12.5. The van der Waals surface area contributed by atoms with Crippen LogP contribution in [-0.2, 0) is 5.41 Å². The van der Waals surface area contributed by atoms with Gasteiger partial charge in [0.05, 0.1) is 5.69 Å². The van der Waals surface area contributed by atoms with Gasteiger partial charge in [-0.2, -0.15) is 0 Å². The highest BCUT2D eigenvalue weighted by atomic mass is 32.1. The molecule has 0 radical (unpaired) electrons. The van der Waals surface area contributed by atoms with Crippen molar-refractivity contribution >= 4 is 63.7 Å². The SMILES string of the molecule is Cc1csc2c1ccc1sc3ccnc(-c4cc(C(C)(C)C)c5ccccc5c4)c3c12. The minimum absolute atomic E-state index is 0.0539. The molecule has 0 fully saturated rings. The van der Waals surface area contributed by atoms with Gasteiger partial charge in [0, 0.05) is 36.6 Å². The first-order chi connectivity index (χ1) is 14.9. The fraction of sp³-hybridized carbons (Fsp3) is 0.179. The molecular formula is C28H23NS2. The predicted octanol–water partition coefficient (Wildman–Crippen LogP) is 9.09. The Morgan fingerprint density at radius 2 is 1.65 bits per heavy atom. The van der Waals surface area contributed by atoms with Crippen LogP contribution in [0.3, 0.4) is 0 Å². The van der Waals surface area contributed by atoms with Gasteiger partial charge >= 0.3 is 0 Å². The lowest BCUT2D eigenvalue weighted by atomic mass is 9.82. The zero-order valence-electron chi connectivity index (χ0n) is 18.1. The molecule has 0 N–H and O–H groups in total. The topological polar surface area (TPSA) is 12.9 Å². The van der Waals surface area contributed by atoms with E-state index in [0.717, 1.165) is 5.69 Å². The van der Waals surface area contributed by atoms with Crippen LogP contribution in [-0.4, -0.2) is 4.98 Å². The lowest BCUT2D eigenvalue weighted by Crippen LogP contribution is -2.12. The van der Waals surface area contributed by atoms with Crippen LogP contribution in [0.15, 0.2) is 66.2 Å². The third kappa shape index (κ3) is 2.84. The average Bonchev–Trinajstić information content (AvgIpc) is 3.32. The maximum absolute atomic E-state index is 4.95. The second-order valence-corrected chi connectivity index (χ2v) is 11.3. The third-order valence-corrected chi connectivity index (χ3v) is 8.48. The van der Waals surface area contributed by atoms with Crippen LogP contribution < -0.4 is 0 Å². The van der Waals surface area contributed by atoms with Gasteiger partial charge in [-0.1, -0.05) is 51.1 Å². The Balaban J connectivity index is 1.76. The van der Waals surface area contributed by atoms with Crippen molar-refractivity contribution < 1.29 is 0 Å². The standard InChI is InChI=1S/C28H23NS2/c1-16-15-30-27-19(16)9-10-22-25(27)24-23(31-22)11-12-29-26(24)18-13-17-7-5-6-8-20(17)21(14-18)28(2,3)4/h5-15H,1-4H3. The van der Waals surface area contributed by atoms with Crippen molar-refractivity contribution in [2.75, 3.05) is 0 Å². The van der Waals surface area contributed by atoms with Crippen molar-refractivity contribution in [3.63, 3.8) is 0 Å². The summed E-state index contributed by atoms with van der Waals surface area (Å²) in [6.07, 6.45) is 1.97.